The normalized spacial score (nSPS) is 13.0. The van der Waals surface area contributed by atoms with Gasteiger partial charge in [0.15, 0.2) is 5.65 Å². The first-order chi connectivity index (χ1) is 16.5. The summed E-state index contributed by atoms with van der Waals surface area (Å²) in [6, 6.07) is 10.6. The Morgan fingerprint density at radius 3 is 2.26 bits per heavy atom. The van der Waals surface area contributed by atoms with E-state index in [4.69, 9.17) is 0 Å². The van der Waals surface area contributed by atoms with Gasteiger partial charge in [0.1, 0.15) is 0 Å². The van der Waals surface area contributed by atoms with Crippen molar-refractivity contribution in [2.45, 2.75) is 18.0 Å². The molecule has 12 heteroatoms. The van der Waals surface area contributed by atoms with Crippen LogP contribution in [0.2, 0.25) is 0 Å². The van der Waals surface area contributed by atoms with Crippen LogP contribution in [-0.2, 0) is 5.60 Å². The number of nitrogens with zero attached hydrogens (tertiary/aromatic N) is 3. The minimum absolute atomic E-state index is 0.200. The number of anilines is 2. The molecule has 0 spiro atoms. The predicted molar refractivity (Wildman–Crippen MR) is 116 cm³/mol. The Kier molecular flexibility index (Phi) is 5.02. The number of hydrogen-bond acceptors (Lipinski definition) is 4. The Morgan fingerprint density at radius 2 is 1.57 bits per heavy atom. The van der Waals surface area contributed by atoms with E-state index in [2.05, 4.69) is 20.3 Å². The molecule has 0 fully saturated rings. The second-order valence-electron chi connectivity index (χ2n) is 7.84. The fourth-order valence-electron chi connectivity index (χ4n) is 3.84. The average Bonchev–Trinajstić information content (AvgIpc) is 3.46. The van der Waals surface area contributed by atoms with Crippen molar-refractivity contribution in [1.29, 1.82) is 0 Å². The first-order valence-corrected chi connectivity index (χ1v) is 10.1. The molecule has 0 radical (unpaired) electrons. The lowest BCUT2D eigenvalue weighted by molar-refractivity contribution is -0.376. The molecule has 0 bridgehead atoms. The number of aliphatic hydroxyl groups is 1. The topological polar surface area (TPSA) is 78.2 Å². The van der Waals surface area contributed by atoms with Crippen LogP contribution in [0.3, 0.4) is 0 Å². The maximum absolute atomic E-state index is 13.2. The van der Waals surface area contributed by atoms with Crippen LogP contribution < -0.4 is 5.32 Å². The van der Waals surface area contributed by atoms with E-state index in [0.717, 1.165) is 34.3 Å². The standard InChI is InChI=1S/C23H15F6N5O/c24-22(25,26)21(35,23(27,28)29)15-2-4-16(5-3-15)33-19-10-14(11-34-8-7-30-20(19)34)13-1-6-17-18(9-13)32-12-31-17/h1-12,33,35H,(H,31,32). The summed E-state index contributed by atoms with van der Waals surface area (Å²) in [5, 5.41) is 12.6. The van der Waals surface area contributed by atoms with Gasteiger partial charge in [0.25, 0.3) is 5.60 Å². The summed E-state index contributed by atoms with van der Waals surface area (Å²) in [6.07, 6.45) is -5.24. The average molecular weight is 491 g/mol. The summed E-state index contributed by atoms with van der Waals surface area (Å²) in [5.74, 6) is 0. The predicted octanol–water partition coefficient (Wildman–Crippen LogP) is 5.93. The summed E-state index contributed by atoms with van der Waals surface area (Å²) in [5.41, 5.74) is -1.95. The lowest BCUT2D eigenvalue weighted by Crippen LogP contribution is -2.53. The van der Waals surface area contributed by atoms with E-state index >= 15 is 0 Å². The largest absolute Gasteiger partial charge is 0.430 e. The van der Waals surface area contributed by atoms with Crippen LogP contribution in [0, 0.1) is 0 Å². The van der Waals surface area contributed by atoms with Gasteiger partial charge in [0, 0.05) is 35.4 Å². The summed E-state index contributed by atoms with van der Waals surface area (Å²) >= 11 is 0. The van der Waals surface area contributed by atoms with Gasteiger partial charge in [0.05, 0.1) is 23.0 Å². The van der Waals surface area contributed by atoms with Crippen LogP contribution in [0.1, 0.15) is 5.56 Å². The Balaban J connectivity index is 1.52. The molecule has 180 valence electrons. The smallest absolute Gasteiger partial charge is 0.369 e. The molecule has 3 N–H and O–H groups in total. The first-order valence-electron chi connectivity index (χ1n) is 10.1. The van der Waals surface area contributed by atoms with Crippen molar-refractivity contribution < 1.29 is 31.4 Å². The second-order valence-corrected chi connectivity index (χ2v) is 7.84. The van der Waals surface area contributed by atoms with Crippen molar-refractivity contribution in [3.05, 3.63) is 79.0 Å². The highest BCUT2D eigenvalue weighted by atomic mass is 19.4. The Labute approximate surface area is 192 Å². The third-order valence-corrected chi connectivity index (χ3v) is 5.64. The molecule has 0 atom stereocenters. The number of nitrogens with one attached hydrogen (secondary N) is 2. The zero-order valence-corrected chi connectivity index (χ0v) is 17.5. The van der Waals surface area contributed by atoms with Gasteiger partial charge in [-0.2, -0.15) is 26.3 Å². The number of imidazole rings is 2. The lowest BCUT2D eigenvalue weighted by atomic mass is 9.92. The van der Waals surface area contributed by atoms with Gasteiger partial charge < -0.3 is 19.8 Å². The van der Waals surface area contributed by atoms with E-state index < -0.39 is 23.5 Å². The molecule has 5 aromatic rings. The van der Waals surface area contributed by atoms with Gasteiger partial charge in [-0.25, -0.2) is 9.97 Å². The number of hydrogen-bond donors (Lipinski definition) is 3. The quantitative estimate of drug-likeness (QED) is 0.272. The molecule has 0 aliphatic heterocycles. The number of fused-ring (bicyclic) bond motifs is 2. The highest BCUT2D eigenvalue weighted by Gasteiger charge is 2.71. The van der Waals surface area contributed by atoms with Gasteiger partial charge in [-0.3, -0.25) is 0 Å². The number of halogens is 6. The number of pyridine rings is 1. The van der Waals surface area contributed by atoms with Crippen LogP contribution in [0.4, 0.5) is 37.7 Å². The van der Waals surface area contributed by atoms with E-state index in [9.17, 15) is 31.4 Å². The van der Waals surface area contributed by atoms with Crippen molar-refractivity contribution >= 4 is 28.1 Å². The second kappa shape index (κ2) is 7.73. The van der Waals surface area contributed by atoms with Crippen molar-refractivity contribution in [2.24, 2.45) is 0 Å². The molecular formula is C23H15F6N5O. The number of H-pyrrole nitrogens is 1. The van der Waals surface area contributed by atoms with E-state index in [1.54, 1.807) is 29.2 Å². The highest BCUT2D eigenvalue weighted by molar-refractivity contribution is 5.84. The number of aromatic amines is 1. The van der Waals surface area contributed by atoms with Gasteiger partial charge in [-0.15, -0.1) is 0 Å². The maximum atomic E-state index is 13.2. The Hall–Kier alpha value is -4.06. The van der Waals surface area contributed by atoms with Crippen LogP contribution in [0.25, 0.3) is 27.8 Å². The SMILES string of the molecule is OC(c1ccc(Nc2cc(-c3ccc4nc[nH]c4c3)cn3ccnc23)cc1)(C(F)(F)F)C(F)(F)F. The summed E-state index contributed by atoms with van der Waals surface area (Å²) < 4.78 is 80.6. The van der Waals surface area contributed by atoms with Crippen LogP contribution in [0.15, 0.2) is 73.4 Å². The number of rotatable bonds is 4. The van der Waals surface area contributed by atoms with Gasteiger partial charge >= 0.3 is 12.4 Å². The fourth-order valence-corrected chi connectivity index (χ4v) is 3.84. The molecule has 3 aromatic heterocycles. The van der Waals surface area contributed by atoms with E-state index in [-0.39, 0.29) is 5.69 Å². The molecule has 0 saturated heterocycles. The number of alkyl halides is 6. The van der Waals surface area contributed by atoms with Crippen molar-refractivity contribution in [3.8, 4) is 11.1 Å². The molecule has 0 amide bonds. The van der Waals surface area contributed by atoms with Gasteiger partial charge in [0.2, 0.25) is 0 Å². The molecule has 5 rings (SSSR count). The summed E-state index contributed by atoms with van der Waals surface area (Å²) in [4.78, 5) is 11.5. The van der Waals surface area contributed by atoms with Crippen molar-refractivity contribution in [3.63, 3.8) is 0 Å². The third kappa shape index (κ3) is 3.75. The van der Waals surface area contributed by atoms with Crippen LogP contribution >= 0.6 is 0 Å². The summed E-state index contributed by atoms with van der Waals surface area (Å²) in [6.45, 7) is 0. The molecule has 0 unspecified atom stereocenters. The lowest BCUT2D eigenvalue weighted by Gasteiger charge is -2.32. The molecule has 0 aliphatic rings. The number of benzene rings is 2. The fraction of sp³-hybridized carbons (Fsp3) is 0.130. The third-order valence-electron chi connectivity index (χ3n) is 5.64. The van der Waals surface area contributed by atoms with Crippen LogP contribution in [-0.4, -0.2) is 36.8 Å². The van der Waals surface area contributed by atoms with E-state index in [0.29, 0.717) is 23.5 Å². The van der Waals surface area contributed by atoms with E-state index in [1.165, 1.54) is 0 Å². The Morgan fingerprint density at radius 1 is 0.857 bits per heavy atom. The molecular weight excluding hydrogens is 476 g/mol. The van der Waals surface area contributed by atoms with Crippen LogP contribution in [0.5, 0.6) is 0 Å². The monoisotopic (exact) mass is 491 g/mol. The van der Waals surface area contributed by atoms with E-state index in [1.807, 2.05) is 24.4 Å². The first kappa shape index (κ1) is 22.7. The molecule has 2 aromatic carbocycles. The molecule has 3 heterocycles. The van der Waals surface area contributed by atoms with Gasteiger partial charge in [-0.05, 0) is 35.9 Å². The highest BCUT2D eigenvalue weighted by Crippen LogP contribution is 2.50. The maximum Gasteiger partial charge on any atom is 0.430 e. The zero-order chi connectivity index (χ0) is 25.0. The Bertz CT molecular complexity index is 1500. The zero-order valence-electron chi connectivity index (χ0n) is 17.5. The molecule has 0 saturated carbocycles. The minimum atomic E-state index is -5.95. The van der Waals surface area contributed by atoms with Crippen molar-refractivity contribution in [1.82, 2.24) is 19.4 Å². The number of aromatic nitrogens is 4. The van der Waals surface area contributed by atoms with Gasteiger partial charge in [-0.1, -0.05) is 18.2 Å². The summed E-state index contributed by atoms with van der Waals surface area (Å²) in [7, 11) is 0. The van der Waals surface area contributed by atoms with Crippen molar-refractivity contribution in [2.75, 3.05) is 5.32 Å². The molecule has 0 aliphatic carbocycles. The molecule has 6 nitrogen and oxygen atoms in total. The minimum Gasteiger partial charge on any atom is -0.369 e. The molecule has 35 heavy (non-hydrogen) atoms.